The minimum absolute atomic E-state index is 0.240. The lowest BCUT2D eigenvalue weighted by Crippen LogP contribution is -2.06. The fourth-order valence-corrected chi connectivity index (χ4v) is 1.25. The number of alkyl halides is 3. The van der Waals surface area contributed by atoms with E-state index in [1.165, 1.54) is 12.1 Å². The van der Waals surface area contributed by atoms with E-state index >= 15 is 0 Å². The third kappa shape index (κ3) is 3.30. The van der Waals surface area contributed by atoms with Crippen LogP contribution in [0.15, 0.2) is 23.8 Å². The van der Waals surface area contributed by atoms with Gasteiger partial charge in [0.05, 0.1) is 16.1 Å². The molecule has 0 saturated carbocycles. The van der Waals surface area contributed by atoms with Crippen molar-refractivity contribution < 1.29 is 18.1 Å². The molecule has 0 unspecified atom stereocenters. The molecule has 0 spiro atoms. The van der Waals surface area contributed by atoms with E-state index in [4.69, 9.17) is 10.5 Å². The molecule has 0 radical (unpaired) electrons. The Morgan fingerprint density at radius 2 is 1.89 bits per heavy atom. The van der Waals surface area contributed by atoms with Crippen LogP contribution >= 0.6 is 0 Å². The van der Waals surface area contributed by atoms with Gasteiger partial charge in [-0.3, -0.25) is 10.1 Å². The number of nitro benzene ring substituents is 1. The number of hydrogen-bond acceptors (Lipinski definition) is 4. The van der Waals surface area contributed by atoms with Crippen molar-refractivity contribution >= 4 is 11.8 Å². The van der Waals surface area contributed by atoms with Gasteiger partial charge in [0.1, 0.15) is 17.7 Å². The molecule has 0 aliphatic carbocycles. The smallest absolute Gasteiger partial charge is 0.258 e. The molecule has 1 aromatic rings. The molecule has 19 heavy (non-hydrogen) atoms. The third-order valence-corrected chi connectivity index (χ3v) is 2.10. The number of nitro groups is 1. The number of benzene rings is 1. The Kier molecular flexibility index (Phi) is 3.88. The molecule has 96 valence electrons. The number of allylic oxidation sites excluding steroid dienone is 1. The van der Waals surface area contributed by atoms with Gasteiger partial charge in [0.2, 0.25) is 0 Å². The van der Waals surface area contributed by atoms with Crippen LogP contribution in [0.25, 0.3) is 6.08 Å². The highest BCUT2D eigenvalue weighted by molar-refractivity contribution is 5.69. The molecule has 0 atom stereocenters. The standard InChI is InChI=1S/C11H4F3N3O2/c12-11(13,14)9-2-1-8(3-7(5-15)6-16)10(4-9)17(18)19/h1-4H. The van der Waals surface area contributed by atoms with Crippen LogP contribution in [0, 0.1) is 32.8 Å². The molecule has 0 amide bonds. The fraction of sp³-hybridized carbons (Fsp3) is 0.0909. The van der Waals surface area contributed by atoms with Crippen molar-refractivity contribution in [2.45, 2.75) is 6.18 Å². The van der Waals surface area contributed by atoms with Crippen LogP contribution in [0.5, 0.6) is 0 Å². The summed E-state index contributed by atoms with van der Waals surface area (Å²) in [5.74, 6) is 0. The van der Waals surface area contributed by atoms with Crippen LogP contribution in [0.4, 0.5) is 18.9 Å². The minimum atomic E-state index is -4.71. The van der Waals surface area contributed by atoms with E-state index in [9.17, 15) is 23.3 Å². The SMILES string of the molecule is N#CC(C#N)=Cc1ccc(C(F)(F)F)cc1[N+](=O)[O-]. The summed E-state index contributed by atoms with van der Waals surface area (Å²) in [4.78, 5) is 9.70. The number of nitrogens with zero attached hydrogens (tertiary/aromatic N) is 3. The zero-order chi connectivity index (χ0) is 14.6. The van der Waals surface area contributed by atoms with Crippen LogP contribution in [0.3, 0.4) is 0 Å². The van der Waals surface area contributed by atoms with Crippen molar-refractivity contribution in [2.75, 3.05) is 0 Å². The summed E-state index contributed by atoms with van der Waals surface area (Å²) in [6.07, 6.45) is -3.85. The first-order valence-corrected chi connectivity index (χ1v) is 4.67. The van der Waals surface area contributed by atoms with E-state index < -0.39 is 27.9 Å². The van der Waals surface area contributed by atoms with Crippen molar-refractivity contribution in [1.82, 2.24) is 0 Å². The molecule has 1 aromatic carbocycles. The van der Waals surface area contributed by atoms with Crippen molar-refractivity contribution in [3.63, 3.8) is 0 Å². The minimum Gasteiger partial charge on any atom is -0.258 e. The monoisotopic (exact) mass is 267 g/mol. The van der Waals surface area contributed by atoms with Gasteiger partial charge in [-0.15, -0.1) is 0 Å². The molecule has 0 N–H and O–H groups in total. The topological polar surface area (TPSA) is 90.7 Å². The van der Waals surface area contributed by atoms with Crippen LogP contribution in [0.2, 0.25) is 0 Å². The molecule has 0 saturated heterocycles. The second kappa shape index (κ2) is 5.19. The molecule has 0 aromatic heterocycles. The summed E-state index contributed by atoms with van der Waals surface area (Å²) in [7, 11) is 0. The van der Waals surface area contributed by atoms with Gasteiger partial charge in [0.15, 0.2) is 0 Å². The largest absolute Gasteiger partial charge is 0.416 e. The Hall–Kier alpha value is -2.87. The summed E-state index contributed by atoms with van der Waals surface area (Å²) in [6.45, 7) is 0. The van der Waals surface area contributed by atoms with E-state index in [0.29, 0.717) is 12.1 Å². The molecule has 0 aliphatic rings. The van der Waals surface area contributed by atoms with E-state index in [0.717, 1.165) is 12.1 Å². The first kappa shape index (κ1) is 14.2. The zero-order valence-corrected chi connectivity index (χ0v) is 9.10. The van der Waals surface area contributed by atoms with Gasteiger partial charge in [0.25, 0.3) is 5.69 Å². The van der Waals surface area contributed by atoms with Gasteiger partial charge in [-0.2, -0.15) is 23.7 Å². The Bertz CT molecular complexity index is 620. The lowest BCUT2D eigenvalue weighted by molar-refractivity contribution is -0.385. The summed E-state index contributed by atoms with van der Waals surface area (Å²) < 4.78 is 37.2. The lowest BCUT2D eigenvalue weighted by atomic mass is 10.1. The second-order valence-electron chi connectivity index (χ2n) is 3.31. The molecule has 8 heteroatoms. The highest BCUT2D eigenvalue weighted by Crippen LogP contribution is 2.33. The first-order chi connectivity index (χ1) is 8.79. The van der Waals surface area contributed by atoms with Crippen molar-refractivity contribution in [3.05, 3.63) is 45.0 Å². The molecular formula is C11H4F3N3O2. The van der Waals surface area contributed by atoms with Crippen LogP contribution in [0.1, 0.15) is 11.1 Å². The Labute approximate surface area is 105 Å². The van der Waals surface area contributed by atoms with E-state index in [1.54, 1.807) is 0 Å². The van der Waals surface area contributed by atoms with Crippen LogP contribution in [-0.2, 0) is 6.18 Å². The summed E-state index contributed by atoms with van der Waals surface area (Å²) in [6, 6.07) is 4.78. The maximum atomic E-state index is 12.4. The zero-order valence-electron chi connectivity index (χ0n) is 9.10. The molecule has 1 rings (SSSR count). The van der Waals surface area contributed by atoms with Gasteiger partial charge >= 0.3 is 6.18 Å². The molecule has 0 fully saturated rings. The van der Waals surface area contributed by atoms with Gasteiger partial charge in [-0.25, -0.2) is 0 Å². The van der Waals surface area contributed by atoms with Crippen molar-refractivity contribution in [1.29, 1.82) is 10.5 Å². The number of hydrogen-bond donors (Lipinski definition) is 0. The maximum absolute atomic E-state index is 12.4. The van der Waals surface area contributed by atoms with Crippen molar-refractivity contribution in [2.24, 2.45) is 0 Å². The number of rotatable bonds is 2. The highest BCUT2D eigenvalue weighted by Gasteiger charge is 2.32. The molecule has 0 aliphatic heterocycles. The number of halogens is 3. The second-order valence-corrected chi connectivity index (χ2v) is 3.31. The number of nitriles is 2. The van der Waals surface area contributed by atoms with Gasteiger partial charge in [-0.05, 0) is 18.2 Å². The quantitative estimate of drug-likeness (QED) is 0.467. The highest BCUT2D eigenvalue weighted by atomic mass is 19.4. The molecular weight excluding hydrogens is 263 g/mol. The fourth-order valence-electron chi connectivity index (χ4n) is 1.25. The Balaban J connectivity index is 3.45. The molecule has 0 bridgehead atoms. The summed E-state index contributed by atoms with van der Waals surface area (Å²) >= 11 is 0. The average molecular weight is 267 g/mol. The molecule has 0 heterocycles. The van der Waals surface area contributed by atoms with E-state index in [1.807, 2.05) is 0 Å². The molecule has 5 nitrogen and oxygen atoms in total. The maximum Gasteiger partial charge on any atom is 0.416 e. The van der Waals surface area contributed by atoms with Gasteiger partial charge in [-0.1, -0.05) is 0 Å². The summed E-state index contributed by atoms with van der Waals surface area (Å²) in [5.41, 5.74) is -2.68. The average Bonchev–Trinajstić information content (AvgIpc) is 2.34. The van der Waals surface area contributed by atoms with Gasteiger partial charge < -0.3 is 0 Å². The Morgan fingerprint density at radius 3 is 2.32 bits per heavy atom. The van der Waals surface area contributed by atoms with Gasteiger partial charge in [0, 0.05) is 6.07 Å². The lowest BCUT2D eigenvalue weighted by Gasteiger charge is -2.07. The first-order valence-electron chi connectivity index (χ1n) is 4.67. The predicted octanol–water partition coefficient (Wildman–Crippen LogP) is 3.04. The van der Waals surface area contributed by atoms with E-state index in [-0.39, 0.29) is 5.56 Å². The van der Waals surface area contributed by atoms with E-state index in [2.05, 4.69) is 0 Å². The Morgan fingerprint density at radius 1 is 1.32 bits per heavy atom. The third-order valence-electron chi connectivity index (χ3n) is 2.10. The van der Waals surface area contributed by atoms with Crippen LogP contribution < -0.4 is 0 Å². The normalized spacial score (nSPS) is 10.2. The van der Waals surface area contributed by atoms with Crippen LogP contribution in [-0.4, -0.2) is 4.92 Å². The van der Waals surface area contributed by atoms with Crippen molar-refractivity contribution in [3.8, 4) is 12.1 Å². The predicted molar refractivity (Wildman–Crippen MR) is 57.3 cm³/mol. The summed E-state index contributed by atoms with van der Waals surface area (Å²) in [5, 5.41) is 27.7.